The summed E-state index contributed by atoms with van der Waals surface area (Å²) in [5.74, 6) is -0.144. The molecule has 0 fully saturated rings. The zero-order valence-corrected chi connectivity index (χ0v) is 12.5. The fraction of sp³-hybridized carbons (Fsp3) is 0.0625. The van der Waals surface area contributed by atoms with Gasteiger partial charge in [-0.2, -0.15) is 0 Å². The first-order chi connectivity index (χ1) is 10.5. The molecule has 0 aliphatic rings. The Labute approximate surface area is 132 Å². The molecule has 0 saturated carbocycles. The van der Waals surface area contributed by atoms with Gasteiger partial charge in [-0.3, -0.25) is 14.9 Å². The average molecular weight is 317 g/mol. The predicted molar refractivity (Wildman–Crippen MR) is 86.3 cm³/mol. The maximum atomic E-state index is 12.0. The molecular formula is C16H13ClN2O3. The van der Waals surface area contributed by atoms with Gasteiger partial charge >= 0.3 is 0 Å². The number of benzene rings is 2. The minimum Gasteiger partial charge on any atom is -0.359 e. The number of hydrogen-bond donors (Lipinski definition) is 1. The third-order valence-electron chi connectivity index (χ3n) is 2.89. The van der Waals surface area contributed by atoms with E-state index in [0.717, 1.165) is 0 Å². The lowest BCUT2D eigenvalue weighted by Gasteiger charge is -2.07. The molecule has 0 aliphatic heterocycles. The Hall–Kier alpha value is -2.66. The standard InChI is InChI=1S/C16H13ClN2O3/c1-11(9-16(20)12-5-3-2-4-6-12)18-13-7-8-14(17)15(10-13)19(21)22/h2-10,18H,1H3/b11-9+. The van der Waals surface area contributed by atoms with Crippen LogP contribution in [0.3, 0.4) is 0 Å². The molecule has 0 radical (unpaired) electrons. The Kier molecular flexibility index (Phi) is 4.91. The van der Waals surface area contributed by atoms with E-state index < -0.39 is 4.92 Å². The minimum absolute atomic E-state index is 0.0672. The minimum atomic E-state index is -0.554. The van der Waals surface area contributed by atoms with Gasteiger partial charge in [0.15, 0.2) is 5.78 Å². The summed E-state index contributed by atoms with van der Waals surface area (Å²) < 4.78 is 0. The molecule has 2 aromatic rings. The van der Waals surface area contributed by atoms with Gasteiger partial charge in [0.2, 0.25) is 0 Å². The van der Waals surface area contributed by atoms with E-state index in [-0.39, 0.29) is 16.5 Å². The number of nitro groups is 1. The zero-order chi connectivity index (χ0) is 16.1. The van der Waals surface area contributed by atoms with Crippen LogP contribution in [0.5, 0.6) is 0 Å². The van der Waals surface area contributed by atoms with Crippen molar-refractivity contribution in [2.24, 2.45) is 0 Å². The second-order valence-corrected chi connectivity index (χ2v) is 5.01. The number of allylic oxidation sites excluding steroid dienone is 2. The van der Waals surface area contributed by atoms with Crippen molar-refractivity contribution in [1.29, 1.82) is 0 Å². The third-order valence-corrected chi connectivity index (χ3v) is 3.21. The predicted octanol–water partition coefficient (Wildman–Crippen LogP) is 4.45. The molecular weight excluding hydrogens is 304 g/mol. The summed E-state index contributed by atoms with van der Waals surface area (Å²) in [5, 5.41) is 13.9. The van der Waals surface area contributed by atoms with Crippen LogP contribution in [0.2, 0.25) is 5.02 Å². The monoisotopic (exact) mass is 316 g/mol. The van der Waals surface area contributed by atoms with E-state index in [2.05, 4.69) is 5.32 Å². The van der Waals surface area contributed by atoms with Crippen LogP contribution in [-0.4, -0.2) is 10.7 Å². The van der Waals surface area contributed by atoms with Crippen LogP contribution in [0, 0.1) is 10.1 Å². The first-order valence-corrected chi connectivity index (χ1v) is 6.84. The van der Waals surface area contributed by atoms with Crippen molar-refractivity contribution in [2.75, 3.05) is 5.32 Å². The van der Waals surface area contributed by atoms with E-state index >= 15 is 0 Å². The van der Waals surface area contributed by atoms with E-state index in [1.165, 1.54) is 18.2 Å². The second kappa shape index (κ2) is 6.87. The van der Waals surface area contributed by atoms with E-state index in [4.69, 9.17) is 11.6 Å². The highest BCUT2D eigenvalue weighted by Crippen LogP contribution is 2.27. The number of ketones is 1. The summed E-state index contributed by atoms with van der Waals surface area (Å²) in [5.41, 5.74) is 1.45. The average Bonchev–Trinajstić information content (AvgIpc) is 2.49. The van der Waals surface area contributed by atoms with Crippen LogP contribution >= 0.6 is 11.6 Å². The van der Waals surface area contributed by atoms with Gasteiger partial charge in [0.1, 0.15) is 5.02 Å². The lowest BCUT2D eigenvalue weighted by Crippen LogP contribution is -2.02. The maximum Gasteiger partial charge on any atom is 0.289 e. The van der Waals surface area contributed by atoms with Crippen LogP contribution in [0.4, 0.5) is 11.4 Å². The molecule has 0 saturated heterocycles. The fourth-order valence-corrected chi connectivity index (χ4v) is 2.06. The molecule has 2 rings (SSSR count). The number of nitrogens with zero attached hydrogens (tertiary/aromatic N) is 1. The van der Waals surface area contributed by atoms with Crippen molar-refractivity contribution in [3.8, 4) is 0 Å². The van der Waals surface area contributed by atoms with Crippen LogP contribution in [0.25, 0.3) is 0 Å². The van der Waals surface area contributed by atoms with Gasteiger partial charge in [0, 0.05) is 29.1 Å². The van der Waals surface area contributed by atoms with E-state index in [0.29, 0.717) is 16.9 Å². The molecule has 0 atom stereocenters. The SMILES string of the molecule is C/C(=C\C(=O)c1ccccc1)Nc1ccc(Cl)c([N+](=O)[O-])c1. The molecule has 0 amide bonds. The molecule has 2 aromatic carbocycles. The number of nitro benzene ring substituents is 1. The molecule has 0 bridgehead atoms. The van der Waals surface area contributed by atoms with Crippen LogP contribution < -0.4 is 5.32 Å². The Morgan fingerprint density at radius 3 is 2.55 bits per heavy atom. The quantitative estimate of drug-likeness (QED) is 0.383. The molecule has 0 spiro atoms. The van der Waals surface area contributed by atoms with Crippen molar-refractivity contribution in [3.63, 3.8) is 0 Å². The van der Waals surface area contributed by atoms with Gasteiger partial charge in [0.05, 0.1) is 4.92 Å². The van der Waals surface area contributed by atoms with Crippen LogP contribution in [-0.2, 0) is 0 Å². The molecule has 112 valence electrons. The van der Waals surface area contributed by atoms with Gasteiger partial charge < -0.3 is 5.32 Å². The van der Waals surface area contributed by atoms with Crippen LogP contribution in [0.15, 0.2) is 60.3 Å². The van der Waals surface area contributed by atoms with Crippen LogP contribution in [0.1, 0.15) is 17.3 Å². The number of carbonyl (C=O) groups is 1. The Morgan fingerprint density at radius 1 is 1.23 bits per heavy atom. The van der Waals surface area contributed by atoms with Gasteiger partial charge in [-0.25, -0.2) is 0 Å². The highest BCUT2D eigenvalue weighted by atomic mass is 35.5. The lowest BCUT2D eigenvalue weighted by molar-refractivity contribution is -0.384. The third kappa shape index (κ3) is 3.93. The van der Waals surface area contributed by atoms with Gasteiger partial charge in [-0.05, 0) is 19.1 Å². The molecule has 6 heteroatoms. The Morgan fingerprint density at radius 2 is 1.91 bits per heavy atom. The van der Waals surface area contributed by atoms with Crippen molar-refractivity contribution in [1.82, 2.24) is 0 Å². The van der Waals surface area contributed by atoms with E-state index in [1.54, 1.807) is 37.3 Å². The van der Waals surface area contributed by atoms with E-state index in [1.807, 2.05) is 6.07 Å². The molecule has 5 nitrogen and oxygen atoms in total. The van der Waals surface area contributed by atoms with Crippen molar-refractivity contribution in [2.45, 2.75) is 6.92 Å². The summed E-state index contributed by atoms with van der Waals surface area (Å²) in [6.45, 7) is 1.71. The summed E-state index contributed by atoms with van der Waals surface area (Å²) in [4.78, 5) is 22.3. The fourth-order valence-electron chi connectivity index (χ4n) is 1.88. The second-order valence-electron chi connectivity index (χ2n) is 4.61. The number of hydrogen-bond acceptors (Lipinski definition) is 4. The molecule has 22 heavy (non-hydrogen) atoms. The smallest absolute Gasteiger partial charge is 0.289 e. The first kappa shape index (κ1) is 15.7. The summed E-state index contributed by atoms with van der Waals surface area (Å²) >= 11 is 5.75. The summed E-state index contributed by atoms with van der Waals surface area (Å²) in [6.07, 6.45) is 1.44. The van der Waals surface area contributed by atoms with Crippen molar-refractivity contribution in [3.05, 3.63) is 81.0 Å². The highest BCUT2D eigenvalue weighted by molar-refractivity contribution is 6.32. The normalized spacial score (nSPS) is 11.1. The molecule has 0 unspecified atom stereocenters. The summed E-state index contributed by atoms with van der Waals surface area (Å²) in [6, 6.07) is 13.2. The lowest BCUT2D eigenvalue weighted by atomic mass is 10.1. The van der Waals surface area contributed by atoms with Gasteiger partial charge in [0.25, 0.3) is 5.69 Å². The molecule has 0 aliphatic carbocycles. The topological polar surface area (TPSA) is 72.2 Å². The number of rotatable bonds is 5. The largest absolute Gasteiger partial charge is 0.359 e. The molecule has 1 N–H and O–H groups in total. The van der Waals surface area contributed by atoms with E-state index in [9.17, 15) is 14.9 Å². The summed E-state index contributed by atoms with van der Waals surface area (Å²) in [7, 11) is 0. The number of carbonyl (C=O) groups excluding carboxylic acids is 1. The highest BCUT2D eigenvalue weighted by Gasteiger charge is 2.12. The number of nitrogens with one attached hydrogen (secondary N) is 1. The van der Waals surface area contributed by atoms with Crippen molar-refractivity contribution < 1.29 is 9.72 Å². The Bertz CT molecular complexity index is 742. The number of halogens is 1. The van der Waals surface area contributed by atoms with Crippen molar-refractivity contribution >= 4 is 28.8 Å². The van der Waals surface area contributed by atoms with Gasteiger partial charge in [-0.1, -0.05) is 41.9 Å². The number of anilines is 1. The Balaban J connectivity index is 2.17. The first-order valence-electron chi connectivity index (χ1n) is 6.46. The zero-order valence-electron chi connectivity index (χ0n) is 11.7. The maximum absolute atomic E-state index is 12.0. The molecule has 0 aromatic heterocycles. The molecule has 0 heterocycles. The van der Waals surface area contributed by atoms with Gasteiger partial charge in [-0.15, -0.1) is 0 Å².